The topological polar surface area (TPSA) is 18.5 Å². The lowest BCUT2D eigenvalue weighted by atomic mass is 10.8. The Bertz CT molecular complexity index is 255. The second-order valence-electron chi connectivity index (χ2n) is 5.15. The summed E-state index contributed by atoms with van der Waals surface area (Å²) in [5.41, 5.74) is 0. The maximum absolute atomic E-state index is 4.01. The number of nitrogens with one attached hydrogen (secondary N) is 1. The van der Waals surface area contributed by atoms with Crippen LogP contribution < -0.4 is 4.65 Å². The molecule has 0 aromatic rings. The summed E-state index contributed by atoms with van der Waals surface area (Å²) in [5.74, 6) is 0. The van der Waals surface area contributed by atoms with Crippen LogP contribution >= 0.6 is 0 Å². The molecule has 0 aliphatic carbocycles. The molecule has 6 heteroatoms. The molecule has 3 nitrogen and oxygen atoms in total. The average molecular weight is 302 g/mol. The Kier molecular flexibility index (Phi) is 6.27. The molecule has 0 aromatic carbocycles. The molecule has 1 fully saturated rings. The van der Waals surface area contributed by atoms with Gasteiger partial charge in [0.05, 0.1) is 0 Å². The summed E-state index contributed by atoms with van der Waals surface area (Å²) in [6, 6.07) is 5.48. The molecular formula is C12H31N3Si3. The maximum Gasteiger partial charge on any atom is 0.235 e. The summed E-state index contributed by atoms with van der Waals surface area (Å²) in [6.45, 7) is 16.8. The summed E-state index contributed by atoms with van der Waals surface area (Å²) in [5, 5.41) is 0. The van der Waals surface area contributed by atoms with Crippen LogP contribution in [0.25, 0.3) is 0 Å². The summed E-state index contributed by atoms with van der Waals surface area (Å²) in [7, 11) is -1.89. The van der Waals surface area contributed by atoms with Gasteiger partial charge >= 0.3 is 0 Å². The zero-order valence-corrected chi connectivity index (χ0v) is 16.1. The smallest absolute Gasteiger partial charge is 0.235 e. The fraction of sp³-hybridized carbons (Fsp3) is 1.00. The first-order valence-electron chi connectivity index (χ1n) is 7.68. The van der Waals surface area contributed by atoms with Crippen molar-refractivity contribution in [3.05, 3.63) is 0 Å². The maximum atomic E-state index is 4.01. The fourth-order valence-electron chi connectivity index (χ4n) is 3.68. The lowest BCUT2D eigenvalue weighted by molar-refractivity contribution is 0.491. The summed E-state index contributed by atoms with van der Waals surface area (Å²) in [4.78, 5) is 0. The lowest BCUT2D eigenvalue weighted by Gasteiger charge is -2.60. The Morgan fingerprint density at radius 3 is 1.72 bits per heavy atom. The minimum atomic E-state index is -1.39. The molecule has 1 heterocycles. The van der Waals surface area contributed by atoms with Crippen molar-refractivity contribution >= 4 is 26.6 Å². The first-order valence-corrected chi connectivity index (χ1v) is 13.3. The standard InChI is InChI=1S/C12H31N3Si3/c1-7-14-16-13-17(9-3,10-4)15(8-2)18(14,11-5)12-6/h13H,7-12H2,1-6H3. The summed E-state index contributed by atoms with van der Waals surface area (Å²) >= 11 is 0. The van der Waals surface area contributed by atoms with Gasteiger partial charge in [0.15, 0.2) is 16.8 Å². The Morgan fingerprint density at radius 1 is 0.833 bits per heavy atom. The molecule has 1 N–H and O–H groups in total. The van der Waals surface area contributed by atoms with Crippen LogP contribution in [0.5, 0.6) is 0 Å². The number of hydrogen-bond donors (Lipinski definition) is 1. The summed E-state index contributed by atoms with van der Waals surface area (Å²) in [6.07, 6.45) is 0. The van der Waals surface area contributed by atoms with E-state index in [0.717, 1.165) is 9.84 Å². The van der Waals surface area contributed by atoms with Crippen molar-refractivity contribution in [2.75, 3.05) is 13.1 Å². The van der Waals surface area contributed by atoms with Crippen molar-refractivity contribution in [3.8, 4) is 0 Å². The predicted octanol–water partition coefficient (Wildman–Crippen LogP) is 2.73. The largest absolute Gasteiger partial charge is 0.336 e. The van der Waals surface area contributed by atoms with Gasteiger partial charge in [0.25, 0.3) is 0 Å². The van der Waals surface area contributed by atoms with Crippen molar-refractivity contribution in [1.29, 1.82) is 0 Å². The van der Waals surface area contributed by atoms with Crippen LogP contribution in [0.1, 0.15) is 41.5 Å². The van der Waals surface area contributed by atoms with Crippen molar-refractivity contribution < 1.29 is 0 Å². The SMILES string of the molecule is CCN1[Si]N[Si](CC)(CC)N(CC)[Si]1(CC)CC. The van der Waals surface area contributed by atoms with E-state index in [4.69, 9.17) is 0 Å². The fourth-order valence-corrected chi connectivity index (χ4v) is 21.4. The van der Waals surface area contributed by atoms with Gasteiger partial charge in [0, 0.05) is 0 Å². The van der Waals surface area contributed by atoms with Crippen molar-refractivity contribution in [2.24, 2.45) is 0 Å². The normalized spacial score (nSPS) is 24.3. The molecule has 0 bridgehead atoms. The minimum Gasteiger partial charge on any atom is -0.336 e. The molecule has 0 saturated carbocycles. The number of rotatable bonds is 6. The third-order valence-electron chi connectivity index (χ3n) is 4.88. The van der Waals surface area contributed by atoms with Gasteiger partial charge < -0.3 is 13.1 Å². The molecule has 2 radical (unpaired) electrons. The molecule has 1 rings (SSSR count). The van der Waals surface area contributed by atoms with Crippen LogP contribution in [0.4, 0.5) is 0 Å². The van der Waals surface area contributed by atoms with Crippen molar-refractivity contribution in [3.63, 3.8) is 0 Å². The zero-order chi connectivity index (χ0) is 13.8. The predicted molar refractivity (Wildman–Crippen MR) is 87.1 cm³/mol. The monoisotopic (exact) mass is 301 g/mol. The van der Waals surface area contributed by atoms with Crippen LogP contribution in [0.2, 0.25) is 24.2 Å². The molecule has 1 saturated heterocycles. The molecule has 106 valence electrons. The lowest BCUT2D eigenvalue weighted by Crippen LogP contribution is -2.84. The first kappa shape index (κ1) is 16.6. The van der Waals surface area contributed by atoms with Gasteiger partial charge in [-0.3, -0.25) is 0 Å². The van der Waals surface area contributed by atoms with Crippen LogP contribution in [0.15, 0.2) is 0 Å². The molecule has 1 aliphatic heterocycles. The van der Waals surface area contributed by atoms with E-state index in [1.54, 1.807) is 0 Å². The molecule has 0 aromatic heterocycles. The van der Waals surface area contributed by atoms with Crippen molar-refractivity contribution in [2.45, 2.75) is 65.7 Å². The van der Waals surface area contributed by atoms with E-state index in [-0.39, 0.29) is 0 Å². The number of nitrogens with zero attached hydrogens (tertiary/aromatic N) is 2. The van der Waals surface area contributed by atoms with E-state index in [0.29, 0.717) is 0 Å². The molecule has 0 atom stereocenters. The van der Waals surface area contributed by atoms with Crippen LogP contribution in [-0.4, -0.2) is 48.2 Å². The molecule has 1 aliphatic rings. The quantitative estimate of drug-likeness (QED) is 0.761. The van der Waals surface area contributed by atoms with Gasteiger partial charge in [-0.25, -0.2) is 0 Å². The van der Waals surface area contributed by atoms with Gasteiger partial charge in [0.2, 0.25) is 9.84 Å². The van der Waals surface area contributed by atoms with E-state index in [9.17, 15) is 0 Å². The second-order valence-corrected chi connectivity index (χ2v) is 16.3. The number of hydrogen-bond acceptors (Lipinski definition) is 3. The Morgan fingerprint density at radius 2 is 1.39 bits per heavy atom. The third kappa shape index (κ3) is 2.43. The molecular weight excluding hydrogens is 270 g/mol. The zero-order valence-electron chi connectivity index (χ0n) is 13.1. The van der Waals surface area contributed by atoms with Gasteiger partial charge in [-0.05, 0) is 37.3 Å². The highest BCUT2D eigenvalue weighted by Gasteiger charge is 2.54. The van der Waals surface area contributed by atoms with Gasteiger partial charge in [0.1, 0.15) is 0 Å². The van der Waals surface area contributed by atoms with Crippen LogP contribution in [0.3, 0.4) is 0 Å². The first-order chi connectivity index (χ1) is 8.60. The highest BCUT2D eigenvalue weighted by molar-refractivity contribution is 6.98. The Hall–Kier alpha value is 0.531. The van der Waals surface area contributed by atoms with Crippen LogP contribution in [-0.2, 0) is 0 Å². The molecule has 0 spiro atoms. The van der Waals surface area contributed by atoms with E-state index < -0.39 is 16.8 Å². The van der Waals surface area contributed by atoms with E-state index in [2.05, 4.69) is 54.7 Å². The van der Waals surface area contributed by atoms with Gasteiger partial charge in [-0.1, -0.05) is 41.5 Å². The molecule has 18 heavy (non-hydrogen) atoms. The van der Waals surface area contributed by atoms with Gasteiger partial charge in [-0.2, -0.15) is 0 Å². The van der Waals surface area contributed by atoms with E-state index in [1.165, 1.54) is 37.3 Å². The average Bonchev–Trinajstić information content (AvgIpc) is 2.44. The van der Waals surface area contributed by atoms with Crippen molar-refractivity contribution in [1.82, 2.24) is 13.1 Å². The van der Waals surface area contributed by atoms with E-state index in [1.807, 2.05) is 0 Å². The van der Waals surface area contributed by atoms with Crippen LogP contribution in [0, 0.1) is 0 Å². The second kappa shape index (κ2) is 6.81. The Balaban J connectivity index is 3.20. The van der Waals surface area contributed by atoms with Gasteiger partial charge in [-0.15, -0.1) is 0 Å². The third-order valence-corrected chi connectivity index (χ3v) is 20.5. The Labute approximate surface area is 119 Å². The highest BCUT2D eigenvalue weighted by atomic mass is 28.5. The molecule has 0 unspecified atom stereocenters. The highest BCUT2D eigenvalue weighted by Crippen LogP contribution is 2.34. The molecule has 0 amide bonds. The van der Waals surface area contributed by atoms with E-state index >= 15 is 0 Å². The summed E-state index contributed by atoms with van der Waals surface area (Å²) < 4.78 is 9.84. The minimum absolute atomic E-state index is 0.877.